The highest BCUT2D eigenvalue weighted by Crippen LogP contribution is 2.34. The first kappa shape index (κ1) is 14.8. The lowest BCUT2D eigenvalue weighted by Gasteiger charge is -2.20. The highest BCUT2D eigenvalue weighted by molar-refractivity contribution is 6.17. The van der Waals surface area contributed by atoms with Crippen molar-refractivity contribution in [2.75, 3.05) is 5.88 Å². The lowest BCUT2D eigenvalue weighted by atomic mass is 10.0. The molecule has 0 aliphatic heterocycles. The van der Waals surface area contributed by atoms with Crippen molar-refractivity contribution < 1.29 is 4.39 Å². The van der Waals surface area contributed by atoms with Crippen molar-refractivity contribution in [2.24, 2.45) is 5.92 Å². The van der Waals surface area contributed by atoms with Gasteiger partial charge in [0.05, 0.1) is 5.52 Å². The Kier molecular flexibility index (Phi) is 4.48. The van der Waals surface area contributed by atoms with E-state index in [1.54, 1.807) is 6.07 Å². The van der Waals surface area contributed by atoms with E-state index in [1.165, 1.54) is 25.3 Å². The topological polar surface area (TPSA) is 17.8 Å². The second-order valence-corrected chi connectivity index (χ2v) is 6.59. The predicted octanol–water partition coefficient (Wildman–Crippen LogP) is 5.10. The summed E-state index contributed by atoms with van der Waals surface area (Å²) < 4.78 is 16.3. The fraction of sp³-hybridized carbons (Fsp3) is 0.588. The van der Waals surface area contributed by atoms with Crippen LogP contribution in [0.15, 0.2) is 18.2 Å². The van der Waals surface area contributed by atoms with Gasteiger partial charge in [0.2, 0.25) is 0 Å². The van der Waals surface area contributed by atoms with E-state index in [2.05, 4.69) is 16.5 Å². The van der Waals surface area contributed by atoms with Crippen LogP contribution in [0.5, 0.6) is 0 Å². The number of para-hydroxylation sites is 1. The Morgan fingerprint density at radius 2 is 2.14 bits per heavy atom. The Hall–Kier alpha value is -1.09. The fourth-order valence-electron chi connectivity index (χ4n) is 3.53. The third kappa shape index (κ3) is 2.94. The van der Waals surface area contributed by atoms with Crippen molar-refractivity contribution >= 4 is 22.6 Å². The van der Waals surface area contributed by atoms with Gasteiger partial charge < -0.3 is 4.57 Å². The summed E-state index contributed by atoms with van der Waals surface area (Å²) >= 11 is 5.92. The van der Waals surface area contributed by atoms with Crippen molar-refractivity contribution in [1.82, 2.24) is 9.55 Å². The summed E-state index contributed by atoms with van der Waals surface area (Å²) in [4.78, 5) is 4.53. The highest BCUT2D eigenvalue weighted by atomic mass is 35.5. The number of nitrogens with zero attached hydrogens (tertiary/aromatic N) is 2. The van der Waals surface area contributed by atoms with Gasteiger partial charge in [0, 0.05) is 18.3 Å². The molecule has 0 spiro atoms. The van der Waals surface area contributed by atoms with Crippen LogP contribution >= 0.6 is 11.6 Å². The highest BCUT2D eigenvalue weighted by Gasteiger charge is 2.23. The molecule has 2 atom stereocenters. The van der Waals surface area contributed by atoms with Crippen molar-refractivity contribution in [1.29, 1.82) is 0 Å². The smallest absolute Gasteiger partial charge is 0.151 e. The molecule has 114 valence electrons. The number of alkyl halides is 1. The lowest BCUT2D eigenvalue weighted by molar-refractivity contribution is 0.431. The molecular formula is C17H22ClFN2. The normalized spacial score (nSPS) is 23.4. The SMILES string of the molecule is CC1CCCC(n2c(CCCl)nc3c(F)cccc32)CC1. The number of imidazole rings is 1. The Morgan fingerprint density at radius 3 is 2.95 bits per heavy atom. The molecule has 1 aromatic heterocycles. The zero-order chi connectivity index (χ0) is 14.8. The van der Waals surface area contributed by atoms with E-state index in [0.717, 1.165) is 30.1 Å². The zero-order valence-corrected chi connectivity index (χ0v) is 13.2. The Balaban J connectivity index is 2.06. The summed E-state index contributed by atoms with van der Waals surface area (Å²) in [6.45, 7) is 2.33. The van der Waals surface area contributed by atoms with Crippen LogP contribution < -0.4 is 0 Å². The van der Waals surface area contributed by atoms with Crippen molar-refractivity contribution in [3.05, 3.63) is 29.8 Å². The maximum Gasteiger partial charge on any atom is 0.151 e. The number of rotatable bonds is 3. The quantitative estimate of drug-likeness (QED) is 0.570. The van der Waals surface area contributed by atoms with Gasteiger partial charge in [-0.2, -0.15) is 0 Å². The van der Waals surface area contributed by atoms with Gasteiger partial charge in [-0.3, -0.25) is 0 Å². The van der Waals surface area contributed by atoms with E-state index in [9.17, 15) is 4.39 Å². The third-order valence-corrected chi connectivity index (χ3v) is 4.84. The molecule has 0 saturated heterocycles. The molecule has 3 rings (SSSR count). The maximum atomic E-state index is 14.0. The average Bonchev–Trinajstić information content (AvgIpc) is 2.69. The average molecular weight is 309 g/mol. The van der Waals surface area contributed by atoms with E-state index in [4.69, 9.17) is 11.6 Å². The molecule has 2 nitrogen and oxygen atoms in total. The van der Waals surface area contributed by atoms with Gasteiger partial charge in [0.1, 0.15) is 11.3 Å². The molecule has 1 aliphatic rings. The Morgan fingerprint density at radius 1 is 1.29 bits per heavy atom. The van der Waals surface area contributed by atoms with E-state index in [0.29, 0.717) is 23.9 Å². The number of aromatic nitrogens is 2. The van der Waals surface area contributed by atoms with Crippen LogP contribution in [-0.4, -0.2) is 15.4 Å². The first-order valence-corrected chi connectivity index (χ1v) is 8.45. The largest absolute Gasteiger partial charge is 0.325 e. The summed E-state index contributed by atoms with van der Waals surface area (Å²) in [6, 6.07) is 5.68. The number of halogens is 2. The van der Waals surface area contributed by atoms with Crippen molar-refractivity contribution in [3.8, 4) is 0 Å². The molecule has 0 radical (unpaired) electrons. The molecule has 4 heteroatoms. The summed E-state index contributed by atoms with van der Waals surface area (Å²) in [6.07, 6.45) is 6.77. The molecule has 0 bridgehead atoms. The second kappa shape index (κ2) is 6.35. The van der Waals surface area contributed by atoms with E-state index in [-0.39, 0.29) is 5.82 Å². The number of aryl methyl sites for hydroxylation is 1. The van der Waals surface area contributed by atoms with E-state index >= 15 is 0 Å². The zero-order valence-electron chi connectivity index (χ0n) is 12.5. The van der Waals surface area contributed by atoms with Gasteiger partial charge in [-0.25, -0.2) is 9.37 Å². The minimum Gasteiger partial charge on any atom is -0.325 e. The molecule has 1 fully saturated rings. The van der Waals surface area contributed by atoms with Crippen LogP contribution in [0.3, 0.4) is 0 Å². The fourth-order valence-corrected chi connectivity index (χ4v) is 3.69. The number of hydrogen-bond acceptors (Lipinski definition) is 1. The molecule has 0 N–H and O–H groups in total. The minimum atomic E-state index is -0.232. The number of hydrogen-bond donors (Lipinski definition) is 0. The lowest BCUT2D eigenvalue weighted by Crippen LogP contribution is -2.12. The van der Waals surface area contributed by atoms with Crippen LogP contribution in [-0.2, 0) is 6.42 Å². The van der Waals surface area contributed by atoms with E-state index in [1.807, 2.05) is 6.07 Å². The minimum absolute atomic E-state index is 0.232. The molecule has 1 saturated carbocycles. The molecule has 2 unspecified atom stereocenters. The monoisotopic (exact) mass is 308 g/mol. The van der Waals surface area contributed by atoms with Crippen LogP contribution in [0, 0.1) is 11.7 Å². The standard InChI is InChI=1S/C17H22ClFN2/c1-12-4-2-5-13(9-8-12)21-15-7-3-6-14(19)17(15)20-16(21)10-11-18/h3,6-7,12-13H,2,4-5,8-11H2,1H3. The van der Waals surface area contributed by atoms with Gasteiger partial charge in [0.25, 0.3) is 0 Å². The second-order valence-electron chi connectivity index (χ2n) is 6.21. The first-order chi connectivity index (χ1) is 10.2. The first-order valence-electron chi connectivity index (χ1n) is 7.92. The molecule has 1 aromatic carbocycles. The Labute approximate surface area is 130 Å². The Bertz CT molecular complexity index is 623. The van der Waals surface area contributed by atoms with Crippen LogP contribution in [0.1, 0.15) is 50.9 Å². The number of fused-ring (bicyclic) bond motifs is 1. The summed E-state index contributed by atoms with van der Waals surface area (Å²) in [5.74, 6) is 2.01. The van der Waals surface area contributed by atoms with Crippen LogP contribution in [0.4, 0.5) is 4.39 Å². The molecular weight excluding hydrogens is 287 g/mol. The van der Waals surface area contributed by atoms with Crippen LogP contribution in [0.25, 0.3) is 11.0 Å². The van der Waals surface area contributed by atoms with Gasteiger partial charge in [-0.1, -0.05) is 25.8 Å². The van der Waals surface area contributed by atoms with Crippen molar-refractivity contribution in [2.45, 2.75) is 51.5 Å². The summed E-state index contributed by atoms with van der Waals surface area (Å²) in [7, 11) is 0. The number of benzene rings is 1. The van der Waals surface area contributed by atoms with Crippen molar-refractivity contribution in [3.63, 3.8) is 0 Å². The third-order valence-electron chi connectivity index (χ3n) is 4.65. The predicted molar refractivity (Wildman–Crippen MR) is 85.4 cm³/mol. The van der Waals surface area contributed by atoms with E-state index < -0.39 is 0 Å². The molecule has 21 heavy (non-hydrogen) atoms. The molecule has 2 aromatic rings. The van der Waals surface area contributed by atoms with Gasteiger partial charge >= 0.3 is 0 Å². The van der Waals surface area contributed by atoms with Gasteiger partial charge in [-0.05, 0) is 37.3 Å². The molecule has 0 amide bonds. The molecule has 1 aliphatic carbocycles. The molecule has 1 heterocycles. The van der Waals surface area contributed by atoms with Crippen LogP contribution in [0.2, 0.25) is 0 Å². The van der Waals surface area contributed by atoms with Gasteiger partial charge in [-0.15, -0.1) is 11.6 Å². The summed E-state index contributed by atoms with van der Waals surface area (Å²) in [5.41, 5.74) is 1.42. The summed E-state index contributed by atoms with van der Waals surface area (Å²) in [5, 5.41) is 0. The van der Waals surface area contributed by atoms with Gasteiger partial charge in [0.15, 0.2) is 5.82 Å². The maximum absolute atomic E-state index is 14.0.